The molecule has 0 aliphatic heterocycles. The molecule has 0 spiro atoms. The highest BCUT2D eigenvalue weighted by molar-refractivity contribution is 5.26. The minimum absolute atomic E-state index is 0.102. The third kappa shape index (κ3) is 4.92. The molecule has 1 N–H and O–H groups in total. The van der Waals surface area contributed by atoms with Crippen molar-refractivity contribution < 1.29 is 4.74 Å². The van der Waals surface area contributed by atoms with E-state index in [9.17, 15) is 0 Å². The van der Waals surface area contributed by atoms with Crippen molar-refractivity contribution >= 4 is 0 Å². The Labute approximate surface area is 124 Å². The zero-order chi connectivity index (χ0) is 15.2. The lowest BCUT2D eigenvalue weighted by molar-refractivity contribution is -0.0365. The average Bonchev–Trinajstić information content (AvgIpc) is 2.37. The highest BCUT2D eigenvalue weighted by atomic mass is 16.5. The second-order valence-corrected chi connectivity index (χ2v) is 6.59. The summed E-state index contributed by atoms with van der Waals surface area (Å²) in [6, 6.07) is 9.00. The van der Waals surface area contributed by atoms with E-state index in [0.29, 0.717) is 0 Å². The summed E-state index contributed by atoms with van der Waals surface area (Å²) in [5.41, 5.74) is 2.73. The zero-order valence-electron chi connectivity index (χ0n) is 14.0. The van der Waals surface area contributed by atoms with Crippen LogP contribution in [0, 0.1) is 12.3 Å². The second-order valence-electron chi connectivity index (χ2n) is 6.59. The number of benzene rings is 1. The zero-order valence-corrected chi connectivity index (χ0v) is 14.0. The quantitative estimate of drug-likeness (QED) is 0.793. The summed E-state index contributed by atoms with van der Waals surface area (Å²) in [6.45, 7) is 14.9. The Morgan fingerprint density at radius 2 is 1.90 bits per heavy atom. The van der Waals surface area contributed by atoms with Gasteiger partial charge in [0.25, 0.3) is 0 Å². The summed E-state index contributed by atoms with van der Waals surface area (Å²) < 4.78 is 6.10. The molecule has 0 bridgehead atoms. The summed E-state index contributed by atoms with van der Waals surface area (Å²) in [6.07, 6.45) is 1.30. The molecule has 1 rings (SSSR count). The van der Waals surface area contributed by atoms with E-state index in [1.165, 1.54) is 11.1 Å². The van der Waals surface area contributed by atoms with Gasteiger partial charge >= 0.3 is 0 Å². The molecule has 0 radical (unpaired) electrons. The molecule has 0 heterocycles. The van der Waals surface area contributed by atoms with E-state index >= 15 is 0 Å². The standard InChI is InChI=1S/C18H31NO/c1-7-12-19-16(15-11-9-10-14(3)13-15)17(20-8-2)18(4,5)6/h9-11,13,16-17,19H,7-8,12H2,1-6H3. The number of nitrogens with one attached hydrogen (secondary N) is 1. The van der Waals surface area contributed by atoms with Crippen LogP contribution >= 0.6 is 0 Å². The molecular weight excluding hydrogens is 246 g/mol. The van der Waals surface area contributed by atoms with Crippen LogP contribution < -0.4 is 5.32 Å². The Morgan fingerprint density at radius 3 is 2.40 bits per heavy atom. The van der Waals surface area contributed by atoms with Crippen molar-refractivity contribution in [2.24, 2.45) is 5.41 Å². The van der Waals surface area contributed by atoms with Crippen molar-refractivity contribution in [3.63, 3.8) is 0 Å². The van der Waals surface area contributed by atoms with Crippen LogP contribution in [-0.4, -0.2) is 19.3 Å². The summed E-state index contributed by atoms with van der Waals surface area (Å²) in [5, 5.41) is 3.68. The van der Waals surface area contributed by atoms with Crippen molar-refractivity contribution in [1.29, 1.82) is 0 Å². The normalized spacial score (nSPS) is 15.1. The first-order valence-electron chi connectivity index (χ1n) is 7.81. The Morgan fingerprint density at radius 1 is 1.20 bits per heavy atom. The summed E-state index contributed by atoms with van der Waals surface area (Å²) in [7, 11) is 0. The molecule has 0 aromatic heterocycles. The SMILES string of the molecule is CCCNC(c1cccc(C)c1)C(OCC)C(C)(C)C. The molecule has 1 aromatic carbocycles. The van der Waals surface area contributed by atoms with Crippen LogP contribution in [0.25, 0.3) is 0 Å². The van der Waals surface area contributed by atoms with E-state index in [4.69, 9.17) is 4.74 Å². The van der Waals surface area contributed by atoms with Gasteiger partial charge < -0.3 is 10.1 Å². The predicted octanol–water partition coefficient (Wildman–Crippen LogP) is 4.49. The van der Waals surface area contributed by atoms with Gasteiger partial charge in [-0.25, -0.2) is 0 Å². The van der Waals surface area contributed by atoms with Crippen molar-refractivity contribution in [1.82, 2.24) is 5.32 Å². The van der Waals surface area contributed by atoms with Gasteiger partial charge in [-0.2, -0.15) is 0 Å². The predicted molar refractivity (Wildman–Crippen MR) is 87.1 cm³/mol. The lowest BCUT2D eigenvalue weighted by Crippen LogP contribution is -2.42. The average molecular weight is 277 g/mol. The molecular formula is C18H31NO. The van der Waals surface area contributed by atoms with Gasteiger partial charge in [-0.1, -0.05) is 57.5 Å². The van der Waals surface area contributed by atoms with Crippen LogP contribution in [0.1, 0.15) is 58.2 Å². The smallest absolute Gasteiger partial charge is 0.0817 e. The Hall–Kier alpha value is -0.860. The van der Waals surface area contributed by atoms with E-state index in [0.717, 1.165) is 19.6 Å². The third-order valence-electron chi connectivity index (χ3n) is 3.52. The van der Waals surface area contributed by atoms with Crippen LogP contribution in [0.5, 0.6) is 0 Å². The van der Waals surface area contributed by atoms with Gasteiger partial charge in [0.2, 0.25) is 0 Å². The van der Waals surface area contributed by atoms with Crippen molar-refractivity contribution in [3.05, 3.63) is 35.4 Å². The van der Waals surface area contributed by atoms with Crippen LogP contribution in [0.15, 0.2) is 24.3 Å². The van der Waals surface area contributed by atoms with Crippen LogP contribution in [-0.2, 0) is 4.74 Å². The Bertz CT molecular complexity index is 395. The summed E-state index contributed by atoms with van der Waals surface area (Å²) in [5.74, 6) is 0. The molecule has 2 unspecified atom stereocenters. The second kappa shape index (κ2) is 7.80. The van der Waals surface area contributed by atoms with E-state index < -0.39 is 0 Å². The fraction of sp³-hybridized carbons (Fsp3) is 0.667. The van der Waals surface area contributed by atoms with E-state index in [1.54, 1.807) is 0 Å². The van der Waals surface area contributed by atoms with Crippen molar-refractivity contribution in [2.75, 3.05) is 13.2 Å². The fourth-order valence-corrected chi connectivity index (χ4v) is 2.59. The van der Waals surface area contributed by atoms with Gasteiger partial charge in [0.05, 0.1) is 12.1 Å². The molecule has 2 atom stereocenters. The molecule has 2 heteroatoms. The van der Waals surface area contributed by atoms with E-state index in [1.807, 2.05) is 0 Å². The summed E-state index contributed by atoms with van der Waals surface area (Å²) >= 11 is 0. The van der Waals surface area contributed by atoms with E-state index in [2.05, 4.69) is 71.1 Å². The minimum Gasteiger partial charge on any atom is -0.376 e. The molecule has 0 amide bonds. The van der Waals surface area contributed by atoms with Gasteiger partial charge in [-0.15, -0.1) is 0 Å². The third-order valence-corrected chi connectivity index (χ3v) is 3.52. The van der Waals surface area contributed by atoms with Gasteiger partial charge in [0, 0.05) is 6.61 Å². The van der Waals surface area contributed by atoms with Gasteiger partial charge in [-0.3, -0.25) is 0 Å². The molecule has 0 aliphatic rings. The topological polar surface area (TPSA) is 21.3 Å². The monoisotopic (exact) mass is 277 g/mol. The number of hydrogen-bond acceptors (Lipinski definition) is 2. The number of hydrogen-bond donors (Lipinski definition) is 1. The maximum atomic E-state index is 6.10. The fourth-order valence-electron chi connectivity index (χ4n) is 2.59. The molecule has 2 nitrogen and oxygen atoms in total. The minimum atomic E-state index is 0.102. The highest BCUT2D eigenvalue weighted by Crippen LogP contribution is 2.33. The molecule has 1 aromatic rings. The lowest BCUT2D eigenvalue weighted by Gasteiger charge is -2.37. The van der Waals surface area contributed by atoms with Crippen molar-refractivity contribution in [2.45, 2.75) is 60.1 Å². The van der Waals surface area contributed by atoms with Gasteiger partial charge in [-0.05, 0) is 37.8 Å². The highest BCUT2D eigenvalue weighted by Gasteiger charge is 2.33. The molecule has 0 saturated carbocycles. The number of ether oxygens (including phenoxy) is 1. The van der Waals surface area contributed by atoms with Gasteiger partial charge in [0.1, 0.15) is 0 Å². The maximum absolute atomic E-state index is 6.10. The number of aryl methyl sites for hydroxylation is 1. The van der Waals surface area contributed by atoms with Crippen LogP contribution in [0.2, 0.25) is 0 Å². The first-order chi connectivity index (χ1) is 9.40. The Balaban J connectivity index is 3.08. The maximum Gasteiger partial charge on any atom is 0.0817 e. The largest absolute Gasteiger partial charge is 0.376 e. The van der Waals surface area contributed by atoms with Crippen LogP contribution in [0.4, 0.5) is 0 Å². The van der Waals surface area contributed by atoms with Gasteiger partial charge in [0.15, 0.2) is 0 Å². The Kier molecular flexibility index (Phi) is 6.70. The number of rotatable bonds is 7. The van der Waals surface area contributed by atoms with Crippen molar-refractivity contribution in [3.8, 4) is 0 Å². The molecule has 0 saturated heterocycles. The molecule has 114 valence electrons. The molecule has 20 heavy (non-hydrogen) atoms. The molecule has 0 fully saturated rings. The summed E-state index contributed by atoms with van der Waals surface area (Å²) in [4.78, 5) is 0. The lowest BCUT2D eigenvalue weighted by atomic mass is 9.81. The molecule has 0 aliphatic carbocycles. The van der Waals surface area contributed by atoms with Crippen LogP contribution in [0.3, 0.4) is 0 Å². The first kappa shape index (κ1) is 17.2. The first-order valence-corrected chi connectivity index (χ1v) is 7.81. The van der Waals surface area contributed by atoms with E-state index in [-0.39, 0.29) is 17.6 Å².